The summed E-state index contributed by atoms with van der Waals surface area (Å²) in [6, 6.07) is 16.5. The number of hydrogen-bond donors (Lipinski definition) is 1. The molecule has 4 rings (SSSR count). The predicted octanol–water partition coefficient (Wildman–Crippen LogP) is 5.60. The molecule has 1 unspecified atom stereocenters. The highest BCUT2D eigenvalue weighted by atomic mass is 35.5. The highest BCUT2D eigenvalue weighted by Gasteiger charge is 2.47. The molecule has 1 saturated heterocycles. The Balaban J connectivity index is 1.97. The number of anilines is 1. The standard InChI is InChI=1S/C27H24ClNO5/c1-15-5-8-18(13-16(15)2)29-24(17-6-9-19(33-3)10-7-17)23(26(31)27(29)32)25(30)21-14-20(34-4)11-12-22(21)28/h5-14,24,30H,1-4H3/b25-23+. The van der Waals surface area contributed by atoms with Gasteiger partial charge in [-0.05, 0) is 73.0 Å². The molecule has 1 N–H and O–H groups in total. The third-order valence-corrected chi connectivity index (χ3v) is 6.40. The lowest BCUT2D eigenvalue weighted by Crippen LogP contribution is -2.29. The highest BCUT2D eigenvalue weighted by molar-refractivity contribution is 6.52. The fourth-order valence-corrected chi connectivity index (χ4v) is 4.24. The predicted molar refractivity (Wildman–Crippen MR) is 132 cm³/mol. The summed E-state index contributed by atoms with van der Waals surface area (Å²) >= 11 is 6.36. The van der Waals surface area contributed by atoms with Crippen molar-refractivity contribution in [2.24, 2.45) is 0 Å². The first kappa shape index (κ1) is 23.4. The zero-order valence-electron chi connectivity index (χ0n) is 19.3. The van der Waals surface area contributed by atoms with Gasteiger partial charge >= 0.3 is 0 Å². The number of nitrogens with zero attached hydrogens (tertiary/aromatic N) is 1. The van der Waals surface area contributed by atoms with Gasteiger partial charge in [0.05, 0.1) is 30.9 Å². The van der Waals surface area contributed by atoms with E-state index in [0.717, 1.165) is 11.1 Å². The van der Waals surface area contributed by atoms with Gasteiger partial charge in [0.15, 0.2) is 0 Å². The van der Waals surface area contributed by atoms with Crippen LogP contribution < -0.4 is 14.4 Å². The monoisotopic (exact) mass is 477 g/mol. The Hall–Kier alpha value is -3.77. The molecule has 0 aromatic heterocycles. The number of hydrogen-bond acceptors (Lipinski definition) is 5. The van der Waals surface area contributed by atoms with Crippen LogP contribution in [0.5, 0.6) is 11.5 Å². The van der Waals surface area contributed by atoms with Gasteiger partial charge in [-0.2, -0.15) is 0 Å². The fourth-order valence-electron chi connectivity index (χ4n) is 4.03. The number of ether oxygens (including phenoxy) is 2. The lowest BCUT2D eigenvalue weighted by molar-refractivity contribution is -0.132. The van der Waals surface area contributed by atoms with Gasteiger partial charge in [0.2, 0.25) is 0 Å². The SMILES string of the molecule is COc1ccc(C2/C(=C(\O)c3cc(OC)ccc3Cl)C(=O)C(=O)N2c2ccc(C)c(C)c2)cc1. The van der Waals surface area contributed by atoms with Crippen molar-refractivity contribution in [1.82, 2.24) is 0 Å². The maximum atomic E-state index is 13.3. The van der Waals surface area contributed by atoms with Crippen LogP contribution in [-0.2, 0) is 9.59 Å². The number of benzene rings is 3. The molecule has 0 radical (unpaired) electrons. The fraction of sp³-hybridized carbons (Fsp3) is 0.185. The van der Waals surface area contributed by atoms with Crippen LogP contribution >= 0.6 is 11.6 Å². The smallest absolute Gasteiger partial charge is 0.300 e. The minimum atomic E-state index is -0.865. The summed E-state index contributed by atoms with van der Waals surface area (Å²) < 4.78 is 10.5. The Labute approximate surface area is 203 Å². The molecule has 1 fully saturated rings. The molecule has 0 saturated carbocycles. The van der Waals surface area contributed by atoms with E-state index in [0.29, 0.717) is 22.7 Å². The molecule has 1 heterocycles. The third kappa shape index (κ3) is 4.01. The summed E-state index contributed by atoms with van der Waals surface area (Å²) in [5, 5.41) is 11.5. The van der Waals surface area contributed by atoms with Crippen LogP contribution in [0.1, 0.15) is 28.3 Å². The van der Waals surface area contributed by atoms with Crippen LogP contribution in [0.4, 0.5) is 5.69 Å². The maximum absolute atomic E-state index is 13.3. The molecule has 1 aliphatic heterocycles. The van der Waals surface area contributed by atoms with Crippen LogP contribution in [0, 0.1) is 13.8 Å². The van der Waals surface area contributed by atoms with E-state index in [1.165, 1.54) is 18.1 Å². The average Bonchev–Trinajstić information content (AvgIpc) is 3.11. The van der Waals surface area contributed by atoms with Crippen molar-refractivity contribution in [2.45, 2.75) is 19.9 Å². The first-order valence-electron chi connectivity index (χ1n) is 10.6. The number of carbonyl (C=O) groups is 2. The Bertz CT molecular complexity index is 1310. The number of rotatable bonds is 5. The number of methoxy groups -OCH3 is 2. The quantitative estimate of drug-likeness (QED) is 0.294. The molecule has 174 valence electrons. The largest absolute Gasteiger partial charge is 0.507 e. The normalized spacial score (nSPS) is 17.2. The van der Waals surface area contributed by atoms with Crippen molar-refractivity contribution in [3.63, 3.8) is 0 Å². The first-order chi connectivity index (χ1) is 16.3. The van der Waals surface area contributed by atoms with E-state index in [-0.39, 0.29) is 21.9 Å². The zero-order chi connectivity index (χ0) is 24.6. The first-order valence-corrected chi connectivity index (χ1v) is 11.0. The van der Waals surface area contributed by atoms with Crippen molar-refractivity contribution in [2.75, 3.05) is 19.1 Å². The Morgan fingerprint density at radius 2 is 1.53 bits per heavy atom. The number of halogens is 1. The Morgan fingerprint density at radius 3 is 2.15 bits per heavy atom. The van der Waals surface area contributed by atoms with Gasteiger partial charge in [0, 0.05) is 11.3 Å². The molecule has 34 heavy (non-hydrogen) atoms. The van der Waals surface area contributed by atoms with Gasteiger partial charge in [0.1, 0.15) is 17.3 Å². The lowest BCUT2D eigenvalue weighted by Gasteiger charge is -2.26. The lowest BCUT2D eigenvalue weighted by atomic mass is 9.94. The molecule has 3 aromatic rings. The van der Waals surface area contributed by atoms with Crippen molar-refractivity contribution in [1.29, 1.82) is 0 Å². The average molecular weight is 478 g/mol. The summed E-state index contributed by atoms with van der Waals surface area (Å²) in [6.07, 6.45) is 0. The summed E-state index contributed by atoms with van der Waals surface area (Å²) in [5.41, 5.74) is 3.38. The zero-order valence-corrected chi connectivity index (χ0v) is 20.0. The molecule has 1 amide bonds. The van der Waals surface area contributed by atoms with Gasteiger partial charge < -0.3 is 14.6 Å². The molecule has 0 bridgehead atoms. The molecule has 3 aromatic carbocycles. The maximum Gasteiger partial charge on any atom is 0.300 e. The second-order valence-corrected chi connectivity index (χ2v) is 8.46. The summed E-state index contributed by atoms with van der Waals surface area (Å²) in [6.45, 7) is 3.91. The van der Waals surface area contributed by atoms with Crippen molar-refractivity contribution >= 4 is 34.7 Å². The molecular weight excluding hydrogens is 454 g/mol. The Morgan fingerprint density at radius 1 is 0.882 bits per heavy atom. The summed E-state index contributed by atoms with van der Waals surface area (Å²) in [5.74, 6) is -0.812. The van der Waals surface area contributed by atoms with E-state index in [9.17, 15) is 14.7 Å². The molecule has 0 spiro atoms. The van der Waals surface area contributed by atoms with Gasteiger partial charge in [-0.3, -0.25) is 14.5 Å². The number of Topliss-reactive ketones (excluding diaryl/α,β-unsaturated/α-hetero) is 1. The molecule has 7 heteroatoms. The second kappa shape index (κ2) is 9.23. The number of aliphatic hydroxyl groups excluding tert-OH is 1. The number of aryl methyl sites for hydroxylation is 2. The van der Waals surface area contributed by atoms with Crippen LogP contribution in [0.25, 0.3) is 5.76 Å². The van der Waals surface area contributed by atoms with E-state index in [1.807, 2.05) is 26.0 Å². The molecular formula is C27H24ClNO5. The van der Waals surface area contributed by atoms with Crippen LogP contribution in [0.15, 0.2) is 66.2 Å². The minimum absolute atomic E-state index is 0.0523. The molecule has 0 aliphatic carbocycles. The third-order valence-electron chi connectivity index (χ3n) is 6.07. The summed E-state index contributed by atoms with van der Waals surface area (Å²) in [7, 11) is 3.05. The van der Waals surface area contributed by atoms with Crippen LogP contribution in [0.2, 0.25) is 5.02 Å². The summed E-state index contributed by atoms with van der Waals surface area (Å²) in [4.78, 5) is 28.0. The highest BCUT2D eigenvalue weighted by Crippen LogP contribution is 2.44. The van der Waals surface area contributed by atoms with Gasteiger partial charge in [0.25, 0.3) is 11.7 Å². The number of ketones is 1. The van der Waals surface area contributed by atoms with Gasteiger partial charge in [-0.15, -0.1) is 0 Å². The van der Waals surface area contributed by atoms with Crippen molar-refractivity contribution in [3.05, 3.63) is 93.5 Å². The molecule has 1 aliphatic rings. The Kier molecular flexibility index (Phi) is 6.35. The second-order valence-electron chi connectivity index (χ2n) is 8.06. The van der Waals surface area contributed by atoms with E-state index < -0.39 is 17.7 Å². The number of amides is 1. The van der Waals surface area contributed by atoms with E-state index in [1.54, 1.807) is 49.6 Å². The van der Waals surface area contributed by atoms with Crippen LogP contribution in [-0.4, -0.2) is 31.0 Å². The van der Waals surface area contributed by atoms with Gasteiger partial charge in [-0.1, -0.05) is 29.8 Å². The van der Waals surface area contributed by atoms with Crippen LogP contribution in [0.3, 0.4) is 0 Å². The van der Waals surface area contributed by atoms with Crippen molar-refractivity contribution < 1.29 is 24.2 Å². The topological polar surface area (TPSA) is 76.1 Å². The van der Waals surface area contributed by atoms with E-state index in [4.69, 9.17) is 21.1 Å². The number of aliphatic hydroxyl groups is 1. The molecule has 6 nitrogen and oxygen atoms in total. The van der Waals surface area contributed by atoms with Gasteiger partial charge in [-0.25, -0.2) is 0 Å². The molecule has 1 atom stereocenters. The minimum Gasteiger partial charge on any atom is -0.507 e. The van der Waals surface area contributed by atoms with E-state index >= 15 is 0 Å². The van der Waals surface area contributed by atoms with E-state index in [2.05, 4.69) is 0 Å². The van der Waals surface area contributed by atoms with Crippen molar-refractivity contribution in [3.8, 4) is 11.5 Å². The number of carbonyl (C=O) groups excluding carboxylic acids is 2.